The smallest absolute Gasteiger partial charge is 0.173 e. The van der Waals surface area contributed by atoms with Crippen LogP contribution in [0.25, 0.3) is 0 Å². The van der Waals surface area contributed by atoms with Crippen LogP contribution < -0.4 is 5.32 Å². The van der Waals surface area contributed by atoms with Crippen LogP contribution in [0.1, 0.15) is 0 Å². The highest BCUT2D eigenvalue weighted by atomic mass is 35.5. The van der Waals surface area contributed by atoms with Crippen molar-refractivity contribution >= 4 is 23.2 Å². The van der Waals surface area contributed by atoms with E-state index in [1.807, 2.05) is 6.07 Å². The highest BCUT2D eigenvalue weighted by molar-refractivity contribution is 6.33. The third kappa shape index (κ3) is 1.44. The SMILES string of the molecule is N#CC1=C(Cl)C=C[C](Cl)N1. The quantitative estimate of drug-likeness (QED) is 0.568. The van der Waals surface area contributed by atoms with Crippen LogP contribution in [-0.2, 0) is 0 Å². The van der Waals surface area contributed by atoms with Crippen molar-refractivity contribution in [3.05, 3.63) is 28.4 Å². The van der Waals surface area contributed by atoms with Crippen molar-refractivity contribution in [1.82, 2.24) is 5.32 Å². The van der Waals surface area contributed by atoms with Crippen LogP contribution in [0.5, 0.6) is 0 Å². The van der Waals surface area contributed by atoms with Crippen LogP contribution in [0.4, 0.5) is 0 Å². The summed E-state index contributed by atoms with van der Waals surface area (Å²) in [7, 11) is 0. The Balaban J connectivity index is 2.87. The van der Waals surface area contributed by atoms with Gasteiger partial charge < -0.3 is 5.32 Å². The Hall–Kier alpha value is -0.650. The molecule has 0 aromatic heterocycles. The minimum Gasteiger partial charge on any atom is -0.350 e. The predicted octanol–water partition coefficient (Wildman–Crippen LogP) is 1.85. The van der Waals surface area contributed by atoms with Gasteiger partial charge in [0.25, 0.3) is 0 Å². The van der Waals surface area contributed by atoms with Gasteiger partial charge in [0.2, 0.25) is 0 Å². The van der Waals surface area contributed by atoms with Crippen LogP contribution in [0.3, 0.4) is 0 Å². The van der Waals surface area contributed by atoms with E-state index in [1.165, 1.54) is 0 Å². The first kappa shape index (κ1) is 7.46. The van der Waals surface area contributed by atoms with Crippen LogP contribution >= 0.6 is 23.2 Å². The first-order valence-electron chi connectivity index (χ1n) is 2.51. The first-order chi connectivity index (χ1) is 4.74. The molecule has 0 bridgehead atoms. The van der Waals surface area contributed by atoms with Crippen molar-refractivity contribution in [2.75, 3.05) is 0 Å². The van der Waals surface area contributed by atoms with E-state index in [0.29, 0.717) is 10.5 Å². The Kier molecular flexibility index (Phi) is 2.21. The fraction of sp³-hybridized carbons (Fsp3) is 0. The zero-order chi connectivity index (χ0) is 7.56. The van der Waals surface area contributed by atoms with E-state index in [9.17, 15) is 0 Å². The van der Waals surface area contributed by atoms with Gasteiger partial charge in [-0.15, -0.1) is 0 Å². The van der Waals surface area contributed by atoms with Crippen LogP contribution in [0.15, 0.2) is 22.9 Å². The third-order valence-electron chi connectivity index (χ3n) is 0.971. The fourth-order valence-corrected chi connectivity index (χ4v) is 0.842. The molecular formula is C6H3Cl2N2. The molecule has 0 saturated heterocycles. The van der Waals surface area contributed by atoms with E-state index >= 15 is 0 Å². The lowest BCUT2D eigenvalue weighted by atomic mass is 10.3. The Morgan fingerprint density at radius 2 is 2.10 bits per heavy atom. The Morgan fingerprint density at radius 1 is 1.40 bits per heavy atom. The molecule has 1 heterocycles. The van der Waals surface area contributed by atoms with Crippen molar-refractivity contribution in [3.63, 3.8) is 0 Å². The molecule has 0 aromatic carbocycles. The van der Waals surface area contributed by atoms with Gasteiger partial charge in [0.15, 0.2) is 5.50 Å². The van der Waals surface area contributed by atoms with Crippen LogP contribution in [-0.4, -0.2) is 0 Å². The summed E-state index contributed by atoms with van der Waals surface area (Å²) < 4.78 is 0. The minimum absolute atomic E-state index is 0.286. The Morgan fingerprint density at radius 3 is 2.60 bits per heavy atom. The average molecular weight is 174 g/mol. The summed E-state index contributed by atoms with van der Waals surface area (Å²) in [5.74, 6) is 0. The molecule has 0 amide bonds. The summed E-state index contributed by atoms with van der Waals surface area (Å²) in [4.78, 5) is 0. The molecule has 0 spiro atoms. The van der Waals surface area contributed by atoms with Crippen molar-refractivity contribution in [3.8, 4) is 6.07 Å². The molecule has 0 saturated carbocycles. The molecule has 0 unspecified atom stereocenters. The molecule has 1 aliphatic heterocycles. The molecular weight excluding hydrogens is 171 g/mol. The molecule has 4 heteroatoms. The maximum absolute atomic E-state index is 8.42. The van der Waals surface area contributed by atoms with Crippen LogP contribution in [0, 0.1) is 16.8 Å². The highest BCUT2D eigenvalue weighted by Crippen LogP contribution is 2.19. The number of halogens is 2. The van der Waals surface area contributed by atoms with Crippen molar-refractivity contribution in [2.45, 2.75) is 0 Å². The maximum Gasteiger partial charge on any atom is 0.173 e. The Bertz CT molecular complexity index is 237. The van der Waals surface area contributed by atoms with E-state index in [4.69, 9.17) is 28.5 Å². The molecule has 1 aliphatic rings. The van der Waals surface area contributed by atoms with Gasteiger partial charge in [0.1, 0.15) is 11.8 Å². The maximum atomic E-state index is 8.42. The van der Waals surface area contributed by atoms with Crippen molar-refractivity contribution in [1.29, 1.82) is 5.26 Å². The summed E-state index contributed by atoms with van der Waals surface area (Å²) >= 11 is 11.1. The largest absolute Gasteiger partial charge is 0.350 e. The summed E-state index contributed by atoms with van der Waals surface area (Å²) in [5.41, 5.74) is 0.690. The lowest BCUT2D eigenvalue weighted by Crippen LogP contribution is -2.16. The lowest BCUT2D eigenvalue weighted by Gasteiger charge is -2.10. The summed E-state index contributed by atoms with van der Waals surface area (Å²) in [6.07, 6.45) is 3.16. The second-order valence-corrected chi connectivity index (χ2v) is 2.46. The molecule has 51 valence electrons. The Labute approximate surface area is 68.7 Å². The van der Waals surface area contributed by atoms with Gasteiger partial charge in [-0.25, -0.2) is 0 Å². The molecule has 2 nitrogen and oxygen atoms in total. The number of nitrogens with one attached hydrogen (secondary N) is 1. The van der Waals surface area contributed by atoms with E-state index in [1.54, 1.807) is 12.2 Å². The number of nitrogens with zero attached hydrogens (tertiary/aromatic N) is 1. The molecule has 0 atom stereocenters. The van der Waals surface area contributed by atoms with Gasteiger partial charge in [-0.2, -0.15) is 5.26 Å². The van der Waals surface area contributed by atoms with E-state index in [-0.39, 0.29) is 5.70 Å². The minimum atomic E-state index is 0.286. The normalized spacial score (nSPS) is 18.5. The molecule has 0 aromatic rings. The standard InChI is InChI=1S/C6H3Cl2N2/c7-4-1-2-6(8)10-5(4)3-9/h1-2,10H. The van der Waals surface area contributed by atoms with Gasteiger partial charge in [-0.05, 0) is 12.2 Å². The molecule has 1 N–H and O–H groups in total. The number of hydrogen-bond acceptors (Lipinski definition) is 2. The van der Waals surface area contributed by atoms with Gasteiger partial charge in [-0.3, -0.25) is 0 Å². The summed E-state index contributed by atoms with van der Waals surface area (Å²) in [5, 5.41) is 11.4. The van der Waals surface area contributed by atoms with Crippen molar-refractivity contribution < 1.29 is 0 Å². The molecule has 0 fully saturated rings. The second-order valence-electron chi connectivity index (χ2n) is 1.64. The van der Waals surface area contributed by atoms with Gasteiger partial charge in [0.05, 0.1) is 5.03 Å². The first-order valence-corrected chi connectivity index (χ1v) is 3.27. The van der Waals surface area contributed by atoms with E-state index < -0.39 is 0 Å². The number of rotatable bonds is 0. The topological polar surface area (TPSA) is 35.8 Å². The summed E-state index contributed by atoms with van der Waals surface area (Å²) in [6.45, 7) is 0. The third-order valence-corrected chi connectivity index (χ3v) is 1.51. The molecule has 1 radical (unpaired) electrons. The fourth-order valence-electron chi connectivity index (χ4n) is 0.532. The molecule has 1 rings (SSSR count). The summed E-state index contributed by atoms with van der Waals surface area (Å²) in [6, 6.07) is 1.86. The number of nitriles is 1. The average Bonchev–Trinajstić information content (AvgIpc) is 1.94. The van der Waals surface area contributed by atoms with Gasteiger partial charge in [0, 0.05) is 0 Å². The predicted molar refractivity (Wildman–Crippen MR) is 39.9 cm³/mol. The zero-order valence-corrected chi connectivity index (χ0v) is 6.37. The monoisotopic (exact) mass is 173 g/mol. The second kappa shape index (κ2) is 2.96. The highest BCUT2D eigenvalue weighted by Gasteiger charge is 2.11. The van der Waals surface area contributed by atoms with Gasteiger partial charge in [-0.1, -0.05) is 23.2 Å². The van der Waals surface area contributed by atoms with Gasteiger partial charge >= 0.3 is 0 Å². The van der Waals surface area contributed by atoms with E-state index in [0.717, 1.165) is 0 Å². The zero-order valence-electron chi connectivity index (χ0n) is 4.86. The van der Waals surface area contributed by atoms with Crippen LogP contribution in [0.2, 0.25) is 0 Å². The lowest BCUT2D eigenvalue weighted by molar-refractivity contribution is 0.986. The number of allylic oxidation sites excluding steroid dienone is 3. The van der Waals surface area contributed by atoms with Crippen molar-refractivity contribution in [2.24, 2.45) is 0 Å². The molecule has 10 heavy (non-hydrogen) atoms. The number of dihydropyridines is 1. The molecule has 0 aliphatic carbocycles. The number of hydrogen-bond donors (Lipinski definition) is 1. The van der Waals surface area contributed by atoms with E-state index in [2.05, 4.69) is 5.32 Å².